The van der Waals surface area contributed by atoms with Crippen molar-refractivity contribution in [1.29, 1.82) is 5.41 Å². The molecule has 1 aliphatic carbocycles. The van der Waals surface area contributed by atoms with Gasteiger partial charge < -0.3 is 26.9 Å². The van der Waals surface area contributed by atoms with Gasteiger partial charge in [0.2, 0.25) is 11.9 Å². The van der Waals surface area contributed by atoms with Crippen LogP contribution in [0.25, 0.3) is 11.3 Å². The second-order valence-electron chi connectivity index (χ2n) is 7.02. The highest BCUT2D eigenvalue weighted by Crippen LogP contribution is 2.34. The fraction of sp³-hybridized carbons (Fsp3) is 0.300. The van der Waals surface area contributed by atoms with Crippen LogP contribution in [-0.4, -0.2) is 45.9 Å². The molecule has 144 valence electrons. The van der Waals surface area contributed by atoms with Gasteiger partial charge in [-0.15, -0.1) is 0 Å². The summed E-state index contributed by atoms with van der Waals surface area (Å²) in [5, 5.41) is 18.0. The fourth-order valence-corrected chi connectivity index (χ4v) is 3.94. The van der Waals surface area contributed by atoms with Crippen molar-refractivity contribution in [2.24, 2.45) is 11.5 Å². The van der Waals surface area contributed by atoms with Gasteiger partial charge in [0, 0.05) is 34.2 Å². The van der Waals surface area contributed by atoms with E-state index in [9.17, 15) is 9.90 Å². The lowest BCUT2D eigenvalue weighted by molar-refractivity contribution is 0.100. The third kappa shape index (κ3) is 2.91. The highest BCUT2D eigenvalue weighted by Gasteiger charge is 2.35. The first-order valence-corrected chi connectivity index (χ1v) is 9.20. The number of nitrogens with two attached hydrogens (primary N) is 2. The number of benzene rings is 1. The monoisotopic (exact) mass is 378 g/mol. The molecule has 0 saturated carbocycles. The van der Waals surface area contributed by atoms with Crippen LogP contribution in [0.2, 0.25) is 0 Å². The van der Waals surface area contributed by atoms with Crippen LogP contribution in [0.5, 0.6) is 0 Å². The molecule has 1 aromatic carbocycles. The van der Waals surface area contributed by atoms with Gasteiger partial charge in [0.1, 0.15) is 0 Å². The Morgan fingerprint density at radius 1 is 1.29 bits per heavy atom. The minimum atomic E-state index is -0.470. The third-order valence-corrected chi connectivity index (χ3v) is 5.39. The molecule has 1 fully saturated rings. The Bertz CT molecular complexity index is 983. The van der Waals surface area contributed by atoms with Crippen molar-refractivity contribution in [2.75, 3.05) is 18.1 Å². The first-order valence-electron chi connectivity index (χ1n) is 9.20. The predicted molar refractivity (Wildman–Crippen MR) is 106 cm³/mol. The number of anilines is 1. The van der Waals surface area contributed by atoms with Crippen molar-refractivity contribution in [1.82, 2.24) is 9.97 Å². The molecule has 28 heavy (non-hydrogen) atoms. The number of amides is 1. The van der Waals surface area contributed by atoms with Crippen LogP contribution in [0.15, 0.2) is 36.0 Å². The molecule has 1 saturated heterocycles. The zero-order valence-electron chi connectivity index (χ0n) is 15.4. The van der Waals surface area contributed by atoms with Gasteiger partial charge in [0.15, 0.2) is 0 Å². The lowest BCUT2D eigenvalue weighted by atomic mass is 10.0. The first kappa shape index (κ1) is 18.1. The summed E-state index contributed by atoms with van der Waals surface area (Å²) >= 11 is 0. The average Bonchev–Trinajstić information content (AvgIpc) is 3.30. The number of fused-ring (bicyclic) bond motifs is 1. The standard InChI is InChI=1S/C20H22N6O2/c21-8-14-15(22)9-26(17(14)10-27)20-24-16-3-1-2-13(16)18(25-20)11-4-6-12(7-5-11)19(23)28/h4-8,17,22,27H,1-3,9-10,21H2,(H2,23,28)/b14-8+,22-15?. The quantitative estimate of drug-likeness (QED) is 0.619. The molecule has 4 rings (SSSR count). The van der Waals surface area contributed by atoms with Crippen LogP contribution < -0.4 is 16.4 Å². The van der Waals surface area contributed by atoms with E-state index in [0.717, 1.165) is 41.8 Å². The molecular weight excluding hydrogens is 356 g/mol. The van der Waals surface area contributed by atoms with Gasteiger partial charge >= 0.3 is 0 Å². The minimum Gasteiger partial charge on any atom is -0.404 e. The van der Waals surface area contributed by atoms with E-state index in [2.05, 4.69) is 0 Å². The summed E-state index contributed by atoms with van der Waals surface area (Å²) in [5.74, 6) is 0.0119. The average molecular weight is 378 g/mol. The lowest BCUT2D eigenvalue weighted by Gasteiger charge is -2.24. The predicted octanol–water partition coefficient (Wildman–Crippen LogP) is 0.774. The summed E-state index contributed by atoms with van der Waals surface area (Å²) in [6, 6.07) is 6.63. The molecule has 1 aliphatic heterocycles. The van der Waals surface area contributed by atoms with Crippen LogP contribution in [0.3, 0.4) is 0 Å². The van der Waals surface area contributed by atoms with Crippen LogP contribution >= 0.6 is 0 Å². The molecule has 0 bridgehead atoms. The number of nitrogens with one attached hydrogen (secondary N) is 1. The first-order chi connectivity index (χ1) is 13.5. The molecule has 8 heteroatoms. The van der Waals surface area contributed by atoms with E-state index in [-0.39, 0.29) is 6.61 Å². The number of carbonyl (C=O) groups is 1. The number of aliphatic hydroxyl groups is 1. The molecule has 1 aromatic heterocycles. The summed E-state index contributed by atoms with van der Waals surface area (Å²) in [6.45, 7) is 0.127. The number of aryl methyl sites for hydroxylation is 1. The summed E-state index contributed by atoms with van der Waals surface area (Å²) in [5.41, 5.74) is 16.2. The second-order valence-corrected chi connectivity index (χ2v) is 7.02. The second kappa shape index (κ2) is 7.05. The van der Waals surface area contributed by atoms with Crippen LogP contribution in [0.4, 0.5) is 5.95 Å². The van der Waals surface area contributed by atoms with E-state index in [1.807, 2.05) is 17.0 Å². The third-order valence-electron chi connectivity index (χ3n) is 5.39. The van der Waals surface area contributed by atoms with Crippen molar-refractivity contribution < 1.29 is 9.90 Å². The molecule has 8 nitrogen and oxygen atoms in total. The molecule has 1 atom stereocenters. The number of primary amides is 1. The van der Waals surface area contributed by atoms with E-state index in [0.29, 0.717) is 29.3 Å². The number of hydrogen-bond acceptors (Lipinski definition) is 7. The number of aromatic nitrogens is 2. The summed E-state index contributed by atoms with van der Waals surface area (Å²) < 4.78 is 0. The molecular formula is C20H22N6O2. The SMILES string of the molecule is N=C1CN(c2nc3c(c(-c4ccc(C(N)=O)cc4)n2)CCC3)C(CO)/C1=C/N. The molecule has 2 aliphatic rings. The van der Waals surface area contributed by atoms with E-state index >= 15 is 0 Å². The van der Waals surface area contributed by atoms with Crippen LogP contribution in [-0.2, 0) is 12.8 Å². The number of carbonyl (C=O) groups excluding carboxylic acids is 1. The van der Waals surface area contributed by atoms with Gasteiger partial charge in [0.25, 0.3) is 0 Å². The molecule has 0 radical (unpaired) electrons. The minimum absolute atomic E-state index is 0.172. The summed E-state index contributed by atoms with van der Waals surface area (Å²) in [6.07, 6.45) is 4.15. The Morgan fingerprint density at radius 2 is 2.04 bits per heavy atom. The Morgan fingerprint density at radius 3 is 2.68 bits per heavy atom. The molecule has 1 unspecified atom stereocenters. The van der Waals surface area contributed by atoms with Crippen molar-refractivity contribution in [3.63, 3.8) is 0 Å². The zero-order chi connectivity index (χ0) is 19.8. The number of hydrogen-bond donors (Lipinski definition) is 4. The summed E-state index contributed by atoms with van der Waals surface area (Å²) in [4.78, 5) is 22.7. The molecule has 0 spiro atoms. The Kier molecular flexibility index (Phi) is 4.56. The normalized spacial score (nSPS) is 20.0. The topological polar surface area (TPSA) is 142 Å². The van der Waals surface area contributed by atoms with E-state index in [4.69, 9.17) is 26.8 Å². The Balaban J connectivity index is 1.80. The van der Waals surface area contributed by atoms with E-state index in [1.54, 1.807) is 12.1 Å². The fourth-order valence-electron chi connectivity index (χ4n) is 3.94. The Labute approximate surface area is 162 Å². The van der Waals surface area contributed by atoms with Gasteiger partial charge in [-0.2, -0.15) is 0 Å². The maximum atomic E-state index is 11.4. The van der Waals surface area contributed by atoms with Gasteiger partial charge in [-0.05, 0) is 31.4 Å². The zero-order valence-corrected chi connectivity index (χ0v) is 15.4. The molecule has 6 N–H and O–H groups in total. The lowest BCUT2D eigenvalue weighted by Crippen LogP contribution is -2.35. The number of aliphatic hydroxyl groups excluding tert-OH is 1. The van der Waals surface area contributed by atoms with Crippen molar-refractivity contribution in [2.45, 2.75) is 25.3 Å². The van der Waals surface area contributed by atoms with Gasteiger partial charge in [-0.1, -0.05) is 12.1 Å². The van der Waals surface area contributed by atoms with Gasteiger partial charge in [-0.3, -0.25) is 4.79 Å². The van der Waals surface area contributed by atoms with E-state index < -0.39 is 11.9 Å². The van der Waals surface area contributed by atoms with Crippen LogP contribution in [0, 0.1) is 5.41 Å². The summed E-state index contributed by atoms with van der Waals surface area (Å²) in [7, 11) is 0. The maximum Gasteiger partial charge on any atom is 0.248 e. The van der Waals surface area contributed by atoms with Crippen molar-refractivity contribution in [3.8, 4) is 11.3 Å². The molecule has 2 aromatic rings. The smallest absolute Gasteiger partial charge is 0.248 e. The largest absolute Gasteiger partial charge is 0.404 e. The van der Waals surface area contributed by atoms with E-state index in [1.165, 1.54) is 6.20 Å². The van der Waals surface area contributed by atoms with Crippen molar-refractivity contribution in [3.05, 3.63) is 52.9 Å². The van der Waals surface area contributed by atoms with Gasteiger partial charge in [-0.25, -0.2) is 9.97 Å². The van der Waals surface area contributed by atoms with Crippen LogP contribution in [0.1, 0.15) is 28.0 Å². The molecule has 1 amide bonds. The Hall–Kier alpha value is -3.26. The maximum absolute atomic E-state index is 11.4. The highest BCUT2D eigenvalue weighted by molar-refractivity contribution is 6.05. The highest BCUT2D eigenvalue weighted by atomic mass is 16.3. The van der Waals surface area contributed by atoms with Gasteiger partial charge in [0.05, 0.1) is 30.6 Å². The number of rotatable bonds is 4. The van der Waals surface area contributed by atoms with Crippen molar-refractivity contribution >= 4 is 17.6 Å². The number of nitrogens with zero attached hydrogens (tertiary/aromatic N) is 3. The molecule has 2 heterocycles.